The summed E-state index contributed by atoms with van der Waals surface area (Å²) in [7, 11) is 0. The molecule has 0 saturated heterocycles. The number of hydrogen-bond acceptors (Lipinski definition) is 2. The summed E-state index contributed by atoms with van der Waals surface area (Å²) in [6, 6.07) is 5.67. The molecule has 1 N–H and O–H groups in total. The van der Waals surface area contributed by atoms with Gasteiger partial charge in [0.25, 0.3) is 0 Å². The van der Waals surface area contributed by atoms with E-state index in [2.05, 4.69) is 10.2 Å². The summed E-state index contributed by atoms with van der Waals surface area (Å²) in [5, 5.41) is 6.24. The number of nitrogens with zero attached hydrogens (tertiary/aromatic N) is 1. The molecule has 2 nitrogen and oxygen atoms in total. The van der Waals surface area contributed by atoms with Gasteiger partial charge in [0.05, 0.1) is 11.3 Å². The molecule has 1 aromatic carbocycles. The monoisotopic (exact) mass is 274 g/mol. The fourth-order valence-electron chi connectivity index (χ4n) is 1.41. The van der Waals surface area contributed by atoms with Crippen molar-refractivity contribution in [3.8, 4) is 11.3 Å². The first kappa shape index (κ1) is 12.7. The second-order valence-corrected chi connectivity index (χ2v) is 3.94. The summed E-state index contributed by atoms with van der Waals surface area (Å²) in [6.07, 6.45) is -4.73. The van der Waals surface area contributed by atoms with Crippen LogP contribution in [0.4, 0.5) is 17.6 Å². The maximum Gasteiger partial charge on any atom is 0.419 e. The summed E-state index contributed by atoms with van der Waals surface area (Å²) < 4.78 is 51.0. The summed E-state index contributed by atoms with van der Waals surface area (Å²) in [4.78, 5) is 0. The Morgan fingerprint density at radius 2 is 1.83 bits per heavy atom. The minimum Gasteiger partial charge on any atom is -0.267 e. The molecule has 94 valence electrons. The molecule has 0 saturated carbocycles. The zero-order valence-corrected chi connectivity index (χ0v) is 9.57. The third-order valence-electron chi connectivity index (χ3n) is 2.25. The average molecular weight is 274 g/mol. The normalized spacial score (nSPS) is 11.6. The van der Waals surface area contributed by atoms with Gasteiger partial charge < -0.3 is 0 Å². The van der Waals surface area contributed by atoms with Crippen LogP contribution >= 0.6 is 12.2 Å². The molecule has 0 unspecified atom stereocenters. The number of benzene rings is 1. The number of nitrogens with one attached hydrogen (secondary N) is 1. The van der Waals surface area contributed by atoms with Crippen LogP contribution in [0.15, 0.2) is 30.3 Å². The van der Waals surface area contributed by atoms with E-state index in [0.717, 1.165) is 6.07 Å². The number of halogens is 4. The molecule has 7 heteroatoms. The first-order valence-electron chi connectivity index (χ1n) is 4.81. The van der Waals surface area contributed by atoms with Gasteiger partial charge in [-0.05, 0) is 30.3 Å². The molecule has 0 radical (unpaired) electrons. The second-order valence-electron chi connectivity index (χ2n) is 3.50. The zero-order valence-electron chi connectivity index (χ0n) is 8.75. The average Bonchev–Trinajstić information content (AvgIpc) is 2.29. The molecule has 0 bridgehead atoms. The van der Waals surface area contributed by atoms with Crippen molar-refractivity contribution < 1.29 is 17.6 Å². The fraction of sp³-hybridized carbons (Fsp3) is 0.0909. The molecule has 0 atom stereocenters. The van der Waals surface area contributed by atoms with Crippen LogP contribution in [0, 0.1) is 10.5 Å². The lowest BCUT2D eigenvalue weighted by molar-refractivity contribution is -0.139. The van der Waals surface area contributed by atoms with Crippen molar-refractivity contribution in [2.24, 2.45) is 0 Å². The Morgan fingerprint density at radius 3 is 2.39 bits per heavy atom. The van der Waals surface area contributed by atoms with E-state index in [-0.39, 0.29) is 11.3 Å². The van der Waals surface area contributed by atoms with E-state index in [1.54, 1.807) is 0 Å². The predicted octanol–water partition coefficient (Wildman–Crippen LogP) is 3.96. The van der Waals surface area contributed by atoms with Gasteiger partial charge in [-0.3, -0.25) is 5.10 Å². The van der Waals surface area contributed by atoms with Gasteiger partial charge in [0.1, 0.15) is 10.5 Å². The van der Waals surface area contributed by atoms with Crippen molar-refractivity contribution in [3.63, 3.8) is 0 Å². The number of aromatic amines is 1. The maximum absolute atomic E-state index is 13.1. The SMILES string of the molecule is Fc1ccc(-c2ccc(=S)[nH]n2)cc1C(F)(F)F. The maximum atomic E-state index is 13.1. The largest absolute Gasteiger partial charge is 0.419 e. The van der Waals surface area contributed by atoms with Gasteiger partial charge in [-0.1, -0.05) is 12.2 Å². The van der Waals surface area contributed by atoms with E-state index in [0.29, 0.717) is 10.7 Å². The van der Waals surface area contributed by atoms with Gasteiger partial charge in [0, 0.05) is 5.56 Å². The van der Waals surface area contributed by atoms with Crippen molar-refractivity contribution >= 4 is 12.2 Å². The van der Waals surface area contributed by atoms with Crippen molar-refractivity contribution in [2.75, 3.05) is 0 Å². The van der Waals surface area contributed by atoms with E-state index < -0.39 is 17.6 Å². The lowest BCUT2D eigenvalue weighted by Crippen LogP contribution is -2.08. The van der Waals surface area contributed by atoms with Gasteiger partial charge >= 0.3 is 6.18 Å². The molecule has 2 aromatic rings. The molecule has 18 heavy (non-hydrogen) atoms. The topological polar surface area (TPSA) is 28.7 Å². The predicted molar refractivity (Wildman–Crippen MR) is 59.8 cm³/mol. The lowest BCUT2D eigenvalue weighted by atomic mass is 10.1. The van der Waals surface area contributed by atoms with Gasteiger partial charge in [-0.2, -0.15) is 18.3 Å². The highest BCUT2D eigenvalue weighted by molar-refractivity contribution is 7.71. The molecule has 0 amide bonds. The molecular weight excluding hydrogens is 268 g/mol. The molecule has 1 aromatic heterocycles. The Bertz CT molecular complexity index is 613. The van der Waals surface area contributed by atoms with E-state index in [1.165, 1.54) is 18.2 Å². The number of rotatable bonds is 1. The summed E-state index contributed by atoms with van der Waals surface area (Å²) in [6.45, 7) is 0. The summed E-state index contributed by atoms with van der Waals surface area (Å²) in [5.41, 5.74) is -0.895. The number of aromatic nitrogens is 2. The van der Waals surface area contributed by atoms with E-state index in [9.17, 15) is 17.6 Å². The highest BCUT2D eigenvalue weighted by Gasteiger charge is 2.34. The highest BCUT2D eigenvalue weighted by atomic mass is 32.1. The molecular formula is C11H6F4N2S. The van der Waals surface area contributed by atoms with Gasteiger partial charge in [0.15, 0.2) is 0 Å². The van der Waals surface area contributed by atoms with Crippen LogP contribution < -0.4 is 0 Å². The first-order chi connectivity index (χ1) is 8.38. The third kappa shape index (κ3) is 2.56. The molecule has 0 aliphatic heterocycles. The van der Waals surface area contributed by atoms with Crippen LogP contribution in [0.25, 0.3) is 11.3 Å². The Labute approximate surface area is 104 Å². The number of H-pyrrole nitrogens is 1. The van der Waals surface area contributed by atoms with Crippen molar-refractivity contribution in [1.29, 1.82) is 0 Å². The van der Waals surface area contributed by atoms with Gasteiger partial charge in [-0.15, -0.1) is 0 Å². The van der Waals surface area contributed by atoms with Gasteiger partial charge in [-0.25, -0.2) is 4.39 Å². The molecule has 1 heterocycles. The number of alkyl halides is 3. The molecule has 0 spiro atoms. The van der Waals surface area contributed by atoms with Crippen LogP contribution in [0.5, 0.6) is 0 Å². The zero-order chi connectivity index (χ0) is 13.3. The second kappa shape index (κ2) is 4.49. The standard InChI is InChI=1S/C11H6F4N2S/c12-8-2-1-6(5-7(8)11(13,14)15)9-3-4-10(18)17-16-9/h1-5H,(H,17,18). The van der Waals surface area contributed by atoms with Crippen LogP contribution in [-0.4, -0.2) is 10.2 Å². The first-order valence-corrected chi connectivity index (χ1v) is 5.21. The van der Waals surface area contributed by atoms with E-state index >= 15 is 0 Å². The van der Waals surface area contributed by atoms with E-state index in [4.69, 9.17) is 12.2 Å². The molecule has 0 fully saturated rings. The van der Waals surface area contributed by atoms with Crippen molar-refractivity contribution in [2.45, 2.75) is 6.18 Å². The summed E-state index contributed by atoms with van der Waals surface area (Å²) >= 11 is 4.77. The Kier molecular flexibility index (Phi) is 3.16. The van der Waals surface area contributed by atoms with Gasteiger partial charge in [0.2, 0.25) is 0 Å². The Hall–Kier alpha value is -1.76. The van der Waals surface area contributed by atoms with Crippen molar-refractivity contribution in [1.82, 2.24) is 10.2 Å². The fourth-order valence-corrected chi connectivity index (χ4v) is 1.52. The van der Waals surface area contributed by atoms with Crippen LogP contribution in [-0.2, 0) is 6.18 Å². The Balaban J connectivity index is 2.54. The highest BCUT2D eigenvalue weighted by Crippen LogP contribution is 2.33. The van der Waals surface area contributed by atoms with Crippen LogP contribution in [0.3, 0.4) is 0 Å². The van der Waals surface area contributed by atoms with Crippen LogP contribution in [0.1, 0.15) is 5.56 Å². The van der Waals surface area contributed by atoms with Crippen LogP contribution in [0.2, 0.25) is 0 Å². The molecule has 0 aliphatic rings. The van der Waals surface area contributed by atoms with Crippen molar-refractivity contribution in [3.05, 3.63) is 46.4 Å². The smallest absolute Gasteiger partial charge is 0.267 e. The number of hydrogen-bond donors (Lipinski definition) is 1. The lowest BCUT2D eigenvalue weighted by Gasteiger charge is -2.09. The quantitative estimate of drug-likeness (QED) is 0.629. The van der Waals surface area contributed by atoms with E-state index in [1.807, 2.05) is 0 Å². The third-order valence-corrected chi connectivity index (χ3v) is 2.47. The minimum absolute atomic E-state index is 0.162. The minimum atomic E-state index is -4.73. The molecule has 0 aliphatic carbocycles. The Morgan fingerprint density at radius 1 is 1.11 bits per heavy atom. The molecule has 2 rings (SSSR count). The summed E-state index contributed by atoms with van der Waals surface area (Å²) in [5.74, 6) is -1.31.